The zero-order chi connectivity index (χ0) is 15.2. The molecule has 0 fully saturated rings. The van der Waals surface area contributed by atoms with Gasteiger partial charge in [-0.05, 0) is 24.3 Å². The molecule has 2 rings (SSSR count). The van der Waals surface area contributed by atoms with E-state index in [-0.39, 0.29) is 11.6 Å². The number of nitro groups is 1. The summed E-state index contributed by atoms with van der Waals surface area (Å²) in [7, 11) is 0. The minimum Gasteiger partial charge on any atom is -0.323 e. The molecule has 5 nitrogen and oxygen atoms in total. The average molecular weight is 303 g/mol. The predicted octanol–water partition coefficient (Wildman–Crippen LogP) is 3.90. The van der Waals surface area contributed by atoms with Gasteiger partial charge in [-0.2, -0.15) is 0 Å². The van der Waals surface area contributed by atoms with Gasteiger partial charge in [-0.3, -0.25) is 14.9 Å². The average Bonchev–Trinajstić information content (AvgIpc) is 2.47. The summed E-state index contributed by atoms with van der Waals surface area (Å²) in [5.74, 6) is -0.344. The first-order chi connectivity index (χ1) is 10.1. The zero-order valence-electron chi connectivity index (χ0n) is 10.8. The molecule has 0 bridgehead atoms. The van der Waals surface area contributed by atoms with E-state index >= 15 is 0 Å². The third-order valence-electron chi connectivity index (χ3n) is 2.65. The Morgan fingerprint density at radius 3 is 2.57 bits per heavy atom. The van der Waals surface area contributed by atoms with Crippen LogP contribution < -0.4 is 5.32 Å². The first-order valence-corrected chi connectivity index (χ1v) is 6.42. The zero-order valence-corrected chi connectivity index (χ0v) is 11.6. The predicted molar refractivity (Wildman–Crippen MR) is 82.2 cm³/mol. The van der Waals surface area contributed by atoms with Gasteiger partial charge in [0.2, 0.25) is 5.91 Å². The van der Waals surface area contributed by atoms with Gasteiger partial charge in [0, 0.05) is 34.5 Å². The Bertz CT molecular complexity index is 699. The molecule has 0 radical (unpaired) electrons. The van der Waals surface area contributed by atoms with Crippen molar-refractivity contribution in [3.8, 4) is 0 Å². The van der Waals surface area contributed by atoms with Crippen LogP contribution in [0, 0.1) is 10.1 Å². The number of non-ortho nitro benzene ring substituents is 1. The molecule has 0 aliphatic heterocycles. The number of hydrogen-bond acceptors (Lipinski definition) is 3. The number of carbonyl (C=O) groups is 1. The number of benzene rings is 2. The molecule has 0 heterocycles. The second-order valence-electron chi connectivity index (χ2n) is 4.15. The molecule has 106 valence electrons. The van der Waals surface area contributed by atoms with Crippen LogP contribution in [0.4, 0.5) is 11.4 Å². The van der Waals surface area contributed by atoms with Gasteiger partial charge in [-0.15, -0.1) is 0 Å². The number of halogens is 1. The Morgan fingerprint density at radius 2 is 1.90 bits per heavy atom. The minimum atomic E-state index is -0.516. The standard InChI is InChI=1S/C15H11ClN2O3/c16-14-8-7-13(18(20)21)10-11(14)6-9-15(19)17-12-4-2-1-3-5-12/h1-10H,(H,17,19)/b9-6+. The number of nitrogens with one attached hydrogen (secondary N) is 1. The van der Waals surface area contributed by atoms with Gasteiger partial charge in [0.05, 0.1) is 4.92 Å². The van der Waals surface area contributed by atoms with Crippen molar-refractivity contribution in [2.24, 2.45) is 0 Å². The Balaban J connectivity index is 2.12. The lowest BCUT2D eigenvalue weighted by Crippen LogP contribution is -2.07. The molecule has 0 unspecified atom stereocenters. The Labute approximate surface area is 126 Å². The van der Waals surface area contributed by atoms with Crippen molar-refractivity contribution in [1.29, 1.82) is 0 Å². The van der Waals surface area contributed by atoms with Crippen LogP contribution >= 0.6 is 11.6 Å². The van der Waals surface area contributed by atoms with Crippen LogP contribution in [0.2, 0.25) is 5.02 Å². The van der Waals surface area contributed by atoms with Gasteiger partial charge in [-0.25, -0.2) is 0 Å². The summed E-state index contributed by atoms with van der Waals surface area (Å²) in [6.07, 6.45) is 2.71. The molecular weight excluding hydrogens is 292 g/mol. The molecule has 0 atom stereocenters. The number of amides is 1. The van der Waals surface area contributed by atoms with Gasteiger partial charge in [0.1, 0.15) is 0 Å². The quantitative estimate of drug-likeness (QED) is 0.529. The molecular formula is C15H11ClN2O3. The fourth-order valence-corrected chi connectivity index (χ4v) is 1.82. The lowest BCUT2D eigenvalue weighted by molar-refractivity contribution is -0.384. The smallest absolute Gasteiger partial charge is 0.270 e. The van der Waals surface area contributed by atoms with Crippen LogP contribution in [0.3, 0.4) is 0 Å². The molecule has 1 N–H and O–H groups in total. The van der Waals surface area contributed by atoms with Crippen LogP contribution in [-0.4, -0.2) is 10.8 Å². The second-order valence-corrected chi connectivity index (χ2v) is 4.56. The normalized spacial score (nSPS) is 10.5. The summed E-state index contributed by atoms with van der Waals surface area (Å²) >= 11 is 5.94. The van der Waals surface area contributed by atoms with E-state index in [9.17, 15) is 14.9 Å². The highest BCUT2D eigenvalue weighted by Gasteiger charge is 2.08. The maximum atomic E-state index is 11.7. The first-order valence-electron chi connectivity index (χ1n) is 6.04. The summed E-state index contributed by atoms with van der Waals surface area (Å²) in [6, 6.07) is 13.0. The number of nitrogens with zero attached hydrogens (tertiary/aromatic N) is 1. The molecule has 6 heteroatoms. The van der Waals surface area contributed by atoms with Crippen molar-refractivity contribution in [2.75, 3.05) is 5.32 Å². The van der Waals surface area contributed by atoms with E-state index in [0.29, 0.717) is 16.3 Å². The molecule has 2 aromatic carbocycles. The van der Waals surface area contributed by atoms with E-state index < -0.39 is 4.92 Å². The Hall–Kier alpha value is -2.66. The second kappa shape index (κ2) is 6.67. The monoisotopic (exact) mass is 302 g/mol. The van der Waals surface area contributed by atoms with Crippen molar-refractivity contribution < 1.29 is 9.72 Å². The van der Waals surface area contributed by atoms with Gasteiger partial charge < -0.3 is 5.32 Å². The summed E-state index contributed by atoms with van der Waals surface area (Å²) < 4.78 is 0. The van der Waals surface area contributed by atoms with Crippen LogP contribution in [-0.2, 0) is 4.79 Å². The summed E-state index contributed by atoms with van der Waals surface area (Å²) in [4.78, 5) is 21.9. The molecule has 0 aliphatic carbocycles. The molecule has 0 saturated carbocycles. The van der Waals surface area contributed by atoms with Crippen molar-refractivity contribution in [2.45, 2.75) is 0 Å². The number of nitro benzene ring substituents is 1. The molecule has 2 aromatic rings. The molecule has 0 aromatic heterocycles. The summed E-state index contributed by atoms with van der Waals surface area (Å²) in [5.41, 5.74) is 0.994. The van der Waals surface area contributed by atoms with E-state index in [2.05, 4.69) is 5.32 Å². The van der Waals surface area contributed by atoms with Crippen molar-refractivity contribution in [3.05, 3.63) is 75.3 Å². The number of carbonyl (C=O) groups excluding carboxylic acids is 1. The maximum Gasteiger partial charge on any atom is 0.270 e. The third-order valence-corrected chi connectivity index (χ3v) is 2.99. The van der Waals surface area contributed by atoms with Crippen molar-refractivity contribution in [1.82, 2.24) is 0 Å². The van der Waals surface area contributed by atoms with E-state index in [1.807, 2.05) is 6.07 Å². The molecule has 0 spiro atoms. The fourth-order valence-electron chi connectivity index (χ4n) is 1.64. The largest absolute Gasteiger partial charge is 0.323 e. The van der Waals surface area contributed by atoms with Gasteiger partial charge in [0.15, 0.2) is 0 Å². The van der Waals surface area contributed by atoms with Crippen molar-refractivity contribution >= 4 is 35.0 Å². The van der Waals surface area contributed by atoms with Gasteiger partial charge in [-0.1, -0.05) is 29.8 Å². The van der Waals surface area contributed by atoms with E-state index in [1.165, 1.54) is 30.4 Å². The highest BCUT2D eigenvalue weighted by molar-refractivity contribution is 6.32. The Morgan fingerprint density at radius 1 is 1.19 bits per heavy atom. The topological polar surface area (TPSA) is 72.2 Å². The van der Waals surface area contributed by atoms with Gasteiger partial charge >= 0.3 is 0 Å². The SMILES string of the molecule is O=C(/C=C/c1cc([N+](=O)[O-])ccc1Cl)Nc1ccccc1. The van der Waals surface area contributed by atoms with Crippen LogP contribution in [0.25, 0.3) is 6.08 Å². The number of para-hydroxylation sites is 1. The maximum absolute atomic E-state index is 11.7. The molecule has 1 amide bonds. The van der Waals surface area contributed by atoms with E-state index in [1.54, 1.807) is 24.3 Å². The molecule has 21 heavy (non-hydrogen) atoms. The number of rotatable bonds is 4. The number of hydrogen-bond donors (Lipinski definition) is 1. The van der Waals surface area contributed by atoms with Crippen LogP contribution in [0.5, 0.6) is 0 Å². The Kier molecular flexibility index (Phi) is 4.68. The highest BCUT2D eigenvalue weighted by Crippen LogP contribution is 2.23. The van der Waals surface area contributed by atoms with Crippen molar-refractivity contribution in [3.63, 3.8) is 0 Å². The van der Waals surface area contributed by atoms with E-state index in [4.69, 9.17) is 11.6 Å². The number of anilines is 1. The molecule has 0 aliphatic rings. The van der Waals surface area contributed by atoms with E-state index in [0.717, 1.165) is 0 Å². The first kappa shape index (κ1) is 14.7. The third kappa shape index (κ3) is 4.15. The van der Waals surface area contributed by atoms with Gasteiger partial charge in [0.25, 0.3) is 5.69 Å². The van der Waals surface area contributed by atoms with Crippen LogP contribution in [0.15, 0.2) is 54.6 Å². The lowest BCUT2D eigenvalue weighted by Gasteiger charge is -2.01. The summed E-state index contributed by atoms with van der Waals surface area (Å²) in [5, 5.41) is 13.7. The lowest BCUT2D eigenvalue weighted by atomic mass is 10.2. The summed E-state index contributed by atoms with van der Waals surface area (Å²) in [6.45, 7) is 0. The highest BCUT2D eigenvalue weighted by atomic mass is 35.5. The minimum absolute atomic E-state index is 0.0810. The molecule has 0 saturated heterocycles. The van der Waals surface area contributed by atoms with Crippen LogP contribution in [0.1, 0.15) is 5.56 Å². The fraction of sp³-hybridized carbons (Fsp3) is 0.